The Bertz CT molecular complexity index is 1000. The maximum Gasteiger partial charge on any atom is 0.297 e. The standard InChI is InChI=1S/C18H21NO5S3/c1-14-3-7-17(8-4-14)26(20,21)19-13-25-12-16(19)11-24-27(22,23)18-9-5-15(2)6-10-18/h3-10,16H,11-13H2,1-2H3/t16-/m1/s1. The van der Waals surface area contributed by atoms with Crippen molar-refractivity contribution in [3.63, 3.8) is 0 Å². The number of aryl methyl sites for hydroxylation is 2. The van der Waals surface area contributed by atoms with Crippen LogP contribution in [0.25, 0.3) is 0 Å². The first-order chi connectivity index (χ1) is 12.7. The average molecular weight is 428 g/mol. The normalized spacial score (nSPS) is 18.7. The van der Waals surface area contributed by atoms with E-state index in [4.69, 9.17) is 4.18 Å². The minimum atomic E-state index is -3.93. The maximum absolute atomic E-state index is 12.9. The Balaban J connectivity index is 1.75. The topological polar surface area (TPSA) is 80.8 Å². The summed E-state index contributed by atoms with van der Waals surface area (Å²) in [7, 11) is -7.64. The lowest BCUT2D eigenvalue weighted by Crippen LogP contribution is -2.40. The molecule has 1 aliphatic rings. The molecule has 1 fully saturated rings. The number of nitrogens with zero attached hydrogens (tertiary/aromatic N) is 1. The van der Waals surface area contributed by atoms with Gasteiger partial charge >= 0.3 is 0 Å². The fraction of sp³-hybridized carbons (Fsp3) is 0.333. The van der Waals surface area contributed by atoms with Crippen LogP contribution < -0.4 is 0 Å². The summed E-state index contributed by atoms with van der Waals surface area (Å²) in [6.07, 6.45) is 0. The highest BCUT2D eigenvalue weighted by molar-refractivity contribution is 8.00. The first kappa shape index (κ1) is 20.3. The molecule has 3 rings (SSSR count). The number of benzene rings is 2. The Kier molecular flexibility index (Phi) is 5.97. The molecular weight excluding hydrogens is 406 g/mol. The van der Waals surface area contributed by atoms with E-state index in [0.29, 0.717) is 5.75 Å². The van der Waals surface area contributed by atoms with Crippen molar-refractivity contribution < 1.29 is 21.0 Å². The van der Waals surface area contributed by atoms with Crippen LogP contribution >= 0.6 is 11.8 Å². The van der Waals surface area contributed by atoms with E-state index in [1.807, 2.05) is 13.8 Å². The summed E-state index contributed by atoms with van der Waals surface area (Å²) in [6, 6.07) is 12.4. The highest BCUT2D eigenvalue weighted by atomic mass is 32.2. The summed E-state index contributed by atoms with van der Waals surface area (Å²) < 4.78 is 57.0. The van der Waals surface area contributed by atoms with Crippen molar-refractivity contribution in [2.75, 3.05) is 18.2 Å². The predicted octanol–water partition coefficient (Wildman–Crippen LogP) is 2.77. The van der Waals surface area contributed by atoms with E-state index in [9.17, 15) is 16.8 Å². The van der Waals surface area contributed by atoms with E-state index in [0.717, 1.165) is 11.1 Å². The van der Waals surface area contributed by atoms with Crippen LogP contribution in [0.15, 0.2) is 58.3 Å². The third kappa shape index (κ3) is 4.55. The summed E-state index contributed by atoms with van der Waals surface area (Å²) in [6.45, 7) is 3.53. The lowest BCUT2D eigenvalue weighted by molar-refractivity contribution is 0.243. The Labute approximate surface area is 164 Å². The Morgan fingerprint density at radius 3 is 2.00 bits per heavy atom. The molecule has 0 N–H and O–H groups in total. The van der Waals surface area contributed by atoms with Gasteiger partial charge in [0.05, 0.1) is 28.3 Å². The first-order valence-electron chi connectivity index (χ1n) is 8.32. The van der Waals surface area contributed by atoms with Crippen LogP contribution in [-0.4, -0.2) is 45.4 Å². The number of hydrogen-bond donors (Lipinski definition) is 0. The first-order valence-corrected chi connectivity index (χ1v) is 12.3. The summed E-state index contributed by atoms with van der Waals surface area (Å²) in [5.41, 5.74) is 1.91. The minimum absolute atomic E-state index is 0.0618. The van der Waals surface area contributed by atoms with E-state index in [1.165, 1.54) is 28.2 Å². The number of rotatable bonds is 6. The average Bonchev–Trinajstić information content (AvgIpc) is 3.10. The number of thioether (sulfide) groups is 1. The van der Waals surface area contributed by atoms with Crippen molar-refractivity contribution in [2.24, 2.45) is 0 Å². The molecule has 2 aromatic carbocycles. The summed E-state index contributed by atoms with van der Waals surface area (Å²) in [5.74, 6) is 0.753. The van der Waals surface area contributed by atoms with E-state index < -0.39 is 26.2 Å². The molecule has 0 spiro atoms. The van der Waals surface area contributed by atoms with Gasteiger partial charge in [-0.15, -0.1) is 11.8 Å². The third-order valence-electron chi connectivity index (χ3n) is 4.29. The van der Waals surface area contributed by atoms with Gasteiger partial charge in [-0.3, -0.25) is 4.18 Å². The predicted molar refractivity (Wildman–Crippen MR) is 106 cm³/mol. The second-order valence-corrected chi connectivity index (χ2v) is 10.9. The minimum Gasteiger partial charge on any atom is -0.265 e. The van der Waals surface area contributed by atoms with Gasteiger partial charge in [0.25, 0.3) is 10.1 Å². The smallest absolute Gasteiger partial charge is 0.265 e. The van der Waals surface area contributed by atoms with Crippen molar-refractivity contribution in [1.29, 1.82) is 0 Å². The van der Waals surface area contributed by atoms with E-state index in [-0.39, 0.29) is 22.3 Å². The van der Waals surface area contributed by atoms with E-state index >= 15 is 0 Å². The second kappa shape index (κ2) is 7.92. The van der Waals surface area contributed by atoms with Crippen molar-refractivity contribution in [3.05, 3.63) is 59.7 Å². The molecule has 0 aliphatic carbocycles. The van der Waals surface area contributed by atoms with Crippen LogP contribution in [0.3, 0.4) is 0 Å². The molecule has 1 saturated heterocycles. The highest BCUT2D eigenvalue weighted by Crippen LogP contribution is 2.29. The zero-order valence-corrected chi connectivity index (χ0v) is 17.5. The fourth-order valence-electron chi connectivity index (χ4n) is 2.65. The molecular formula is C18H21NO5S3. The van der Waals surface area contributed by atoms with Crippen molar-refractivity contribution in [3.8, 4) is 0 Å². The van der Waals surface area contributed by atoms with Crippen LogP contribution in [0.5, 0.6) is 0 Å². The molecule has 146 valence electrons. The van der Waals surface area contributed by atoms with Crippen LogP contribution in [0.2, 0.25) is 0 Å². The third-order valence-corrected chi connectivity index (χ3v) is 8.74. The van der Waals surface area contributed by atoms with E-state index in [1.54, 1.807) is 36.4 Å². The molecule has 1 heterocycles. The summed E-state index contributed by atoms with van der Waals surface area (Å²) >= 11 is 1.44. The zero-order valence-electron chi connectivity index (χ0n) is 15.0. The van der Waals surface area contributed by atoms with Gasteiger partial charge in [-0.05, 0) is 38.1 Å². The van der Waals surface area contributed by atoms with Crippen LogP contribution in [0.4, 0.5) is 0 Å². The Morgan fingerprint density at radius 2 is 1.44 bits per heavy atom. The Morgan fingerprint density at radius 1 is 0.926 bits per heavy atom. The SMILES string of the molecule is Cc1ccc(S(=O)(=O)OC[C@@H]2CSCN2S(=O)(=O)c2ccc(C)cc2)cc1. The lowest BCUT2D eigenvalue weighted by Gasteiger charge is -2.23. The van der Waals surface area contributed by atoms with Crippen LogP contribution in [-0.2, 0) is 24.3 Å². The second-order valence-electron chi connectivity index (χ2n) is 6.41. The zero-order chi connectivity index (χ0) is 19.7. The summed E-state index contributed by atoms with van der Waals surface area (Å²) in [4.78, 5) is 0.258. The van der Waals surface area contributed by atoms with Crippen molar-refractivity contribution in [2.45, 2.75) is 29.7 Å². The molecule has 9 heteroatoms. The molecule has 27 heavy (non-hydrogen) atoms. The van der Waals surface area contributed by atoms with Gasteiger partial charge in [0.1, 0.15) is 0 Å². The van der Waals surface area contributed by atoms with Crippen LogP contribution in [0.1, 0.15) is 11.1 Å². The molecule has 0 bridgehead atoms. The van der Waals surface area contributed by atoms with Gasteiger partial charge in [0.15, 0.2) is 0 Å². The van der Waals surface area contributed by atoms with Gasteiger partial charge in [-0.25, -0.2) is 8.42 Å². The molecule has 2 aromatic rings. The maximum atomic E-state index is 12.9. The van der Waals surface area contributed by atoms with Gasteiger partial charge in [0, 0.05) is 5.75 Å². The van der Waals surface area contributed by atoms with E-state index in [2.05, 4.69) is 0 Å². The van der Waals surface area contributed by atoms with Crippen molar-refractivity contribution in [1.82, 2.24) is 4.31 Å². The highest BCUT2D eigenvalue weighted by Gasteiger charge is 2.37. The molecule has 0 aromatic heterocycles. The number of hydrogen-bond acceptors (Lipinski definition) is 6. The van der Waals surface area contributed by atoms with Gasteiger partial charge in [-0.1, -0.05) is 35.4 Å². The monoisotopic (exact) mass is 427 g/mol. The molecule has 0 unspecified atom stereocenters. The van der Waals surface area contributed by atoms with Crippen LogP contribution in [0, 0.1) is 13.8 Å². The summed E-state index contributed by atoms with van der Waals surface area (Å²) in [5, 5.41) is 0. The quantitative estimate of drug-likeness (QED) is 0.660. The van der Waals surface area contributed by atoms with Crippen molar-refractivity contribution >= 4 is 31.9 Å². The molecule has 0 amide bonds. The van der Waals surface area contributed by atoms with Gasteiger partial charge < -0.3 is 0 Å². The fourth-order valence-corrected chi connectivity index (χ4v) is 6.79. The Hall–Kier alpha value is -1.39. The number of sulfonamides is 1. The molecule has 0 radical (unpaired) electrons. The molecule has 1 aliphatic heterocycles. The molecule has 1 atom stereocenters. The lowest BCUT2D eigenvalue weighted by atomic mass is 10.2. The molecule has 6 nitrogen and oxygen atoms in total. The van der Waals surface area contributed by atoms with Gasteiger partial charge in [-0.2, -0.15) is 12.7 Å². The van der Waals surface area contributed by atoms with Gasteiger partial charge in [0.2, 0.25) is 10.0 Å². The largest absolute Gasteiger partial charge is 0.297 e. The molecule has 0 saturated carbocycles.